The van der Waals surface area contributed by atoms with Crippen LogP contribution >= 0.6 is 0 Å². The van der Waals surface area contributed by atoms with Crippen LogP contribution in [0.2, 0.25) is 0 Å². The van der Waals surface area contributed by atoms with Gasteiger partial charge in [0.25, 0.3) is 5.91 Å². The number of nitroso groups, excluding NO2 is 1. The minimum Gasteiger partial charge on any atom is -0.507 e. The normalized spacial score (nSPS) is 26.8. The molecule has 3 aliphatic rings. The fraction of sp³-hybridized carbons (Fsp3) is 0.333. The third-order valence-corrected chi connectivity index (χ3v) is 6.46. The Bertz CT molecular complexity index is 1200. The van der Waals surface area contributed by atoms with Gasteiger partial charge >= 0.3 is 5.97 Å². The molecule has 32 heavy (non-hydrogen) atoms. The van der Waals surface area contributed by atoms with Gasteiger partial charge in [-0.05, 0) is 41.6 Å². The number of esters is 1. The van der Waals surface area contributed by atoms with Crippen molar-refractivity contribution in [1.29, 1.82) is 0 Å². The van der Waals surface area contributed by atoms with Crippen molar-refractivity contribution in [1.82, 2.24) is 0 Å². The summed E-state index contributed by atoms with van der Waals surface area (Å²) < 4.78 is 4.75. The number of phenols is 1. The number of aliphatic hydroxyl groups excluding tert-OH is 1. The van der Waals surface area contributed by atoms with E-state index in [1.807, 2.05) is 0 Å². The number of primary amides is 1. The van der Waals surface area contributed by atoms with Crippen LogP contribution < -0.4 is 5.73 Å². The molecule has 1 fully saturated rings. The molecule has 3 atom stereocenters. The van der Waals surface area contributed by atoms with Crippen LogP contribution in [0.4, 0.5) is 0 Å². The number of nitrogens with two attached hydrogens (primary N) is 1. The Kier molecular flexibility index (Phi) is 4.74. The lowest BCUT2D eigenvalue weighted by molar-refractivity contribution is -0.157. The van der Waals surface area contributed by atoms with Crippen molar-refractivity contribution in [3.63, 3.8) is 0 Å². The maximum Gasteiger partial charge on any atom is 0.338 e. The van der Waals surface area contributed by atoms with E-state index in [1.165, 1.54) is 13.2 Å². The van der Waals surface area contributed by atoms with E-state index in [1.54, 1.807) is 0 Å². The highest BCUT2D eigenvalue weighted by atomic mass is 16.5. The zero-order chi connectivity index (χ0) is 23.5. The number of aliphatic hydroxyl groups is 2. The van der Waals surface area contributed by atoms with E-state index in [9.17, 15) is 39.4 Å². The van der Waals surface area contributed by atoms with Crippen molar-refractivity contribution >= 4 is 29.2 Å². The van der Waals surface area contributed by atoms with Gasteiger partial charge in [-0.3, -0.25) is 14.4 Å². The number of Topliss-reactive ketones (excluding diaryl/α,β-unsaturated/α-hetero) is 2. The summed E-state index contributed by atoms with van der Waals surface area (Å²) in [5.41, 5.74) is 0.962. The molecule has 0 saturated heterocycles. The summed E-state index contributed by atoms with van der Waals surface area (Å²) in [5, 5.41) is 35.1. The summed E-state index contributed by atoms with van der Waals surface area (Å²) in [7, 11) is 1.17. The zero-order valence-electron chi connectivity index (χ0n) is 16.7. The van der Waals surface area contributed by atoms with Gasteiger partial charge < -0.3 is 25.8 Å². The first-order valence-electron chi connectivity index (χ1n) is 9.62. The number of rotatable bonds is 3. The quantitative estimate of drug-likeness (QED) is 0.222. The number of fused-ring (bicyclic) bond motifs is 3. The van der Waals surface area contributed by atoms with Gasteiger partial charge in [-0.2, -0.15) is 0 Å². The smallest absolute Gasteiger partial charge is 0.338 e. The van der Waals surface area contributed by atoms with E-state index in [-0.39, 0.29) is 41.5 Å². The molecule has 5 N–H and O–H groups in total. The Morgan fingerprint density at radius 3 is 2.47 bits per heavy atom. The molecule has 11 heteroatoms. The molecular weight excluding hydrogens is 424 g/mol. The van der Waals surface area contributed by atoms with Gasteiger partial charge in [0.05, 0.1) is 18.2 Å². The first kappa shape index (κ1) is 21.4. The third kappa shape index (κ3) is 2.64. The maximum atomic E-state index is 13.4. The van der Waals surface area contributed by atoms with Crippen LogP contribution in [0.5, 0.6) is 5.75 Å². The van der Waals surface area contributed by atoms with Crippen LogP contribution in [-0.2, 0) is 25.5 Å². The number of phenolic OH excluding ortho intramolecular Hbond substituents is 1. The summed E-state index contributed by atoms with van der Waals surface area (Å²) in [6, 6.07) is 2.47. The summed E-state index contributed by atoms with van der Waals surface area (Å²) in [4.78, 5) is 61.4. The number of methoxy groups -OCH3 is 1. The molecular formula is C21H18N2O9. The Labute approximate surface area is 180 Å². The van der Waals surface area contributed by atoms with Crippen molar-refractivity contribution < 1.29 is 39.2 Å². The van der Waals surface area contributed by atoms with Gasteiger partial charge in [-0.1, -0.05) is 0 Å². The molecule has 1 aromatic rings. The van der Waals surface area contributed by atoms with E-state index in [0.29, 0.717) is 0 Å². The number of allylic oxidation sites excluding steroid dienone is 1. The first-order valence-corrected chi connectivity index (χ1v) is 9.62. The van der Waals surface area contributed by atoms with Gasteiger partial charge in [0.1, 0.15) is 22.8 Å². The van der Waals surface area contributed by atoms with E-state index >= 15 is 0 Å². The fourth-order valence-electron chi connectivity index (χ4n) is 5.00. The van der Waals surface area contributed by atoms with Gasteiger partial charge in [0, 0.05) is 17.9 Å². The Hall–Kier alpha value is -3.86. The second kappa shape index (κ2) is 7.09. The fourth-order valence-corrected chi connectivity index (χ4v) is 5.00. The molecule has 0 radical (unpaired) electrons. The zero-order valence-corrected chi connectivity index (χ0v) is 16.7. The van der Waals surface area contributed by atoms with Crippen molar-refractivity contribution in [3.8, 4) is 5.75 Å². The number of nitrogens with zero attached hydrogens (tertiary/aromatic N) is 1. The van der Waals surface area contributed by atoms with Crippen LogP contribution in [0.3, 0.4) is 0 Å². The van der Waals surface area contributed by atoms with Crippen LogP contribution in [-0.4, -0.2) is 51.5 Å². The standard InChI is InChI=1S/C21H18N2O9/c1-32-20(29)9-2-3-12(24)14-10(9)5-7-4-8-6-11(23-31)15(19(22)28)18(27)21(8,30)17(26)13(7)16(14)25/h2-3,7-8,24-25,30H,4-6H2,1H3,(H2,22,28)/t7-,8+,21+/m1/s1. The molecule has 1 amide bonds. The molecule has 11 nitrogen and oxygen atoms in total. The molecule has 4 rings (SSSR count). The van der Waals surface area contributed by atoms with Crippen LogP contribution in [0, 0.1) is 16.7 Å². The largest absolute Gasteiger partial charge is 0.507 e. The summed E-state index contributed by atoms with van der Waals surface area (Å²) in [5.74, 6) is -7.49. The number of benzene rings is 1. The molecule has 0 unspecified atom stereocenters. The Balaban J connectivity index is 1.92. The van der Waals surface area contributed by atoms with Crippen molar-refractivity contribution in [2.24, 2.45) is 22.7 Å². The van der Waals surface area contributed by atoms with Crippen molar-refractivity contribution in [3.05, 3.63) is 50.6 Å². The SMILES string of the molecule is COC(=O)c1ccc(O)c2c1C[C@H]1C[C@H]3CC(N=O)=C(C(N)=O)C(=O)[C@@]3(O)C(=O)C1=C2O. The van der Waals surface area contributed by atoms with Gasteiger partial charge in [0.2, 0.25) is 11.6 Å². The maximum absolute atomic E-state index is 13.4. The average molecular weight is 442 g/mol. The number of hydrogen-bond acceptors (Lipinski definition) is 10. The molecule has 0 heterocycles. The summed E-state index contributed by atoms with van der Waals surface area (Å²) in [6.45, 7) is 0. The number of aromatic hydroxyl groups is 1. The highest BCUT2D eigenvalue weighted by Gasteiger charge is 2.61. The number of amides is 1. The van der Waals surface area contributed by atoms with Crippen LogP contribution in [0.25, 0.3) is 5.76 Å². The summed E-state index contributed by atoms with van der Waals surface area (Å²) in [6.07, 6.45) is -0.387. The van der Waals surface area contributed by atoms with Crippen LogP contribution in [0.1, 0.15) is 34.3 Å². The highest BCUT2D eigenvalue weighted by Crippen LogP contribution is 2.51. The predicted molar refractivity (Wildman–Crippen MR) is 106 cm³/mol. The predicted octanol–water partition coefficient (Wildman–Crippen LogP) is 0.419. The first-order chi connectivity index (χ1) is 15.1. The average Bonchev–Trinajstić information content (AvgIpc) is 2.74. The van der Waals surface area contributed by atoms with Gasteiger partial charge in [0.15, 0.2) is 5.60 Å². The van der Waals surface area contributed by atoms with Gasteiger partial charge in [-0.15, -0.1) is 4.91 Å². The molecule has 0 bridgehead atoms. The molecule has 166 valence electrons. The lowest BCUT2D eigenvalue weighted by Gasteiger charge is -2.45. The second-order valence-corrected chi connectivity index (χ2v) is 7.98. The molecule has 0 aliphatic heterocycles. The minimum absolute atomic E-state index is 0.0102. The molecule has 0 aromatic heterocycles. The number of carbonyl (C=O) groups excluding carboxylic acids is 4. The van der Waals surface area contributed by atoms with Crippen LogP contribution in [0.15, 0.2) is 34.2 Å². The molecule has 0 spiro atoms. The molecule has 1 saturated carbocycles. The third-order valence-electron chi connectivity index (χ3n) is 6.46. The Morgan fingerprint density at radius 1 is 1.19 bits per heavy atom. The van der Waals surface area contributed by atoms with E-state index < -0.39 is 63.7 Å². The van der Waals surface area contributed by atoms with E-state index in [2.05, 4.69) is 5.18 Å². The Morgan fingerprint density at radius 2 is 1.88 bits per heavy atom. The van der Waals surface area contributed by atoms with Crippen molar-refractivity contribution in [2.75, 3.05) is 7.11 Å². The number of carbonyl (C=O) groups is 4. The van der Waals surface area contributed by atoms with E-state index in [4.69, 9.17) is 10.5 Å². The van der Waals surface area contributed by atoms with Crippen molar-refractivity contribution in [2.45, 2.75) is 24.9 Å². The highest BCUT2D eigenvalue weighted by molar-refractivity contribution is 6.32. The topological polar surface area (TPSA) is 194 Å². The van der Waals surface area contributed by atoms with E-state index in [0.717, 1.165) is 6.07 Å². The molecule has 1 aromatic carbocycles. The lowest BCUT2D eigenvalue weighted by atomic mass is 9.58. The number of hydrogen-bond donors (Lipinski definition) is 4. The second-order valence-electron chi connectivity index (χ2n) is 7.98. The lowest BCUT2D eigenvalue weighted by Crippen LogP contribution is -2.61. The summed E-state index contributed by atoms with van der Waals surface area (Å²) >= 11 is 0. The minimum atomic E-state index is -2.73. The van der Waals surface area contributed by atoms with Gasteiger partial charge in [-0.25, -0.2) is 4.79 Å². The molecule has 3 aliphatic carbocycles. The number of ether oxygens (including phenoxy) is 1. The monoisotopic (exact) mass is 442 g/mol. The number of ketones is 2.